The fourth-order valence-corrected chi connectivity index (χ4v) is 3.57. The molecule has 0 unspecified atom stereocenters. The van der Waals surface area contributed by atoms with Gasteiger partial charge in [0.1, 0.15) is 11.6 Å². The van der Waals surface area contributed by atoms with Crippen molar-refractivity contribution in [2.24, 2.45) is 0 Å². The van der Waals surface area contributed by atoms with Crippen LogP contribution in [0.15, 0.2) is 12.1 Å². The van der Waals surface area contributed by atoms with Gasteiger partial charge in [-0.05, 0) is 45.3 Å². The number of hydrogen-bond acceptors (Lipinski definition) is 7. The van der Waals surface area contributed by atoms with E-state index < -0.39 is 5.82 Å². The van der Waals surface area contributed by atoms with Gasteiger partial charge in [-0.3, -0.25) is 0 Å². The molecular weight excluding hydrogens is 361 g/mol. The van der Waals surface area contributed by atoms with E-state index >= 15 is 0 Å². The number of methoxy groups -OCH3 is 1. The van der Waals surface area contributed by atoms with E-state index in [1.807, 2.05) is 0 Å². The first kappa shape index (κ1) is 20.1. The van der Waals surface area contributed by atoms with Crippen LogP contribution in [0.3, 0.4) is 0 Å². The topological polar surface area (TPSA) is 85.5 Å². The zero-order valence-electron chi connectivity index (χ0n) is 16.7. The van der Waals surface area contributed by atoms with E-state index in [9.17, 15) is 4.39 Å². The first-order valence-corrected chi connectivity index (χ1v) is 9.58. The fraction of sp³-hybridized carbons (Fsp3) is 0.500. The molecule has 1 fully saturated rings. The Hall–Kier alpha value is -2.61. The van der Waals surface area contributed by atoms with Gasteiger partial charge in [0.2, 0.25) is 5.95 Å². The van der Waals surface area contributed by atoms with Crippen molar-refractivity contribution in [1.82, 2.24) is 14.9 Å². The molecule has 0 amide bonds. The van der Waals surface area contributed by atoms with Crippen molar-refractivity contribution < 1.29 is 13.9 Å². The molecule has 0 aliphatic carbocycles. The standard InChI is InChI=1S/C20H28FN5O2/c1-13-18(19(23-2)25-20(22)24-13)14-11-17(16(27-3)12-15(14)21)28-10-6-9-26-7-4-5-8-26/h11-12H,4-10H2,1-3H3,(H3,22,23,24,25). The van der Waals surface area contributed by atoms with Crippen molar-refractivity contribution in [2.45, 2.75) is 26.2 Å². The molecule has 0 radical (unpaired) electrons. The summed E-state index contributed by atoms with van der Waals surface area (Å²) in [6, 6.07) is 2.98. The number of likely N-dealkylation sites (tertiary alicyclic amines) is 1. The van der Waals surface area contributed by atoms with Crippen LogP contribution in [0.1, 0.15) is 25.0 Å². The van der Waals surface area contributed by atoms with Crippen molar-refractivity contribution in [3.8, 4) is 22.6 Å². The Morgan fingerprint density at radius 1 is 1.21 bits per heavy atom. The lowest BCUT2D eigenvalue weighted by Crippen LogP contribution is -2.22. The number of anilines is 2. The number of benzene rings is 1. The molecule has 1 aliphatic heterocycles. The summed E-state index contributed by atoms with van der Waals surface area (Å²) in [4.78, 5) is 10.8. The van der Waals surface area contributed by atoms with Crippen molar-refractivity contribution in [1.29, 1.82) is 0 Å². The Labute approximate surface area is 165 Å². The Morgan fingerprint density at radius 3 is 2.64 bits per heavy atom. The number of ether oxygens (including phenoxy) is 2. The smallest absolute Gasteiger partial charge is 0.222 e. The molecular formula is C20H28FN5O2. The van der Waals surface area contributed by atoms with Gasteiger partial charge in [0.25, 0.3) is 0 Å². The number of aryl methyl sites for hydroxylation is 1. The van der Waals surface area contributed by atoms with E-state index in [-0.39, 0.29) is 5.95 Å². The van der Waals surface area contributed by atoms with Crippen LogP contribution in [0.2, 0.25) is 0 Å². The molecule has 3 N–H and O–H groups in total. The van der Waals surface area contributed by atoms with Crippen molar-refractivity contribution in [2.75, 3.05) is 51.4 Å². The third-order valence-corrected chi connectivity index (χ3v) is 4.94. The van der Waals surface area contributed by atoms with Gasteiger partial charge in [-0.15, -0.1) is 0 Å². The molecule has 3 rings (SSSR count). The van der Waals surface area contributed by atoms with Crippen molar-refractivity contribution in [3.05, 3.63) is 23.6 Å². The first-order valence-electron chi connectivity index (χ1n) is 9.58. The second-order valence-corrected chi connectivity index (χ2v) is 6.87. The van der Waals surface area contributed by atoms with Gasteiger partial charge in [0.15, 0.2) is 11.5 Å². The Bertz CT molecular complexity index is 825. The predicted octanol–water partition coefficient (Wildman–Crippen LogP) is 3.09. The number of rotatable bonds is 8. The third-order valence-electron chi connectivity index (χ3n) is 4.94. The van der Waals surface area contributed by atoms with Crippen molar-refractivity contribution in [3.63, 3.8) is 0 Å². The normalized spacial score (nSPS) is 14.3. The average molecular weight is 389 g/mol. The highest BCUT2D eigenvalue weighted by atomic mass is 19.1. The first-order chi connectivity index (χ1) is 13.5. The summed E-state index contributed by atoms with van der Waals surface area (Å²) in [7, 11) is 3.21. The molecule has 8 heteroatoms. The van der Waals surface area contributed by atoms with Gasteiger partial charge < -0.3 is 25.4 Å². The van der Waals surface area contributed by atoms with Gasteiger partial charge >= 0.3 is 0 Å². The van der Waals surface area contributed by atoms with Crippen LogP contribution in [0.25, 0.3) is 11.1 Å². The van der Waals surface area contributed by atoms with E-state index in [1.54, 1.807) is 20.0 Å². The lowest BCUT2D eigenvalue weighted by molar-refractivity contribution is 0.254. The largest absolute Gasteiger partial charge is 0.493 e. The highest BCUT2D eigenvalue weighted by molar-refractivity contribution is 5.79. The number of aromatic nitrogens is 2. The molecule has 28 heavy (non-hydrogen) atoms. The summed E-state index contributed by atoms with van der Waals surface area (Å²) in [5, 5.41) is 2.96. The molecule has 0 bridgehead atoms. The van der Waals surface area contributed by atoms with E-state index in [0.29, 0.717) is 40.7 Å². The van der Waals surface area contributed by atoms with E-state index in [2.05, 4.69) is 20.2 Å². The van der Waals surface area contributed by atoms with Gasteiger partial charge in [-0.25, -0.2) is 9.37 Å². The maximum atomic E-state index is 14.8. The van der Waals surface area contributed by atoms with Crippen LogP contribution in [0.4, 0.5) is 16.2 Å². The quantitative estimate of drug-likeness (QED) is 0.671. The fourth-order valence-electron chi connectivity index (χ4n) is 3.57. The molecule has 2 heterocycles. The second kappa shape index (κ2) is 9.05. The molecule has 7 nitrogen and oxygen atoms in total. The minimum Gasteiger partial charge on any atom is -0.493 e. The van der Waals surface area contributed by atoms with Gasteiger partial charge in [-0.1, -0.05) is 0 Å². The van der Waals surface area contributed by atoms with Gasteiger partial charge in [0.05, 0.1) is 19.4 Å². The Balaban J connectivity index is 1.84. The van der Waals surface area contributed by atoms with E-state index in [0.717, 1.165) is 26.1 Å². The maximum absolute atomic E-state index is 14.8. The summed E-state index contributed by atoms with van der Waals surface area (Å²) in [6.45, 7) is 5.63. The molecule has 0 atom stereocenters. The highest BCUT2D eigenvalue weighted by Gasteiger charge is 2.20. The summed E-state index contributed by atoms with van der Waals surface area (Å²) in [5.74, 6) is 1.03. The molecule has 0 spiro atoms. The van der Waals surface area contributed by atoms with Crippen LogP contribution >= 0.6 is 0 Å². The maximum Gasteiger partial charge on any atom is 0.222 e. The van der Waals surface area contributed by atoms with Gasteiger partial charge in [0, 0.05) is 30.8 Å². The Morgan fingerprint density at radius 2 is 1.96 bits per heavy atom. The number of nitrogens with one attached hydrogen (secondary N) is 1. The van der Waals surface area contributed by atoms with Crippen LogP contribution < -0.4 is 20.5 Å². The summed E-state index contributed by atoms with van der Waals surface area (Å²) < 4.78 is 26.1. The average Bonchev–Trinajstić information content (AvgIpc) is 3.19. The Kier molecular flexibility index (Phi) is 6.51. The van der Waals surface area contributed by atoms with Crippen LogP contribution in [-0.4, -0.2) is 55.3 Å². The number of nitrogens with two attached hydrogens (primary N) is 1. The predicted molar refractivity (Wildman–Crippen MR) is 108 cm³/mol. The monoisotopic (exact) mass is 389 g/mol. The number of nitrogens with zero attached hydrogens (tertiary/aromatic N) is 3. The molecule has 1 aromatic heterocycles. The second-order valence-electron chi connectivity index (χ2n) is 6.87. The lowest BCUT2D eigenvalue weighted by Gasteiger charge is -2.17. The van der Waals surface area contributed by atoms with Crippen LogP contribution in [0, 0.1) is 12.7 Å². The van der Waals surface area contributed by atoms with E-state index in [1.165, 1.54) is 26.0 Å². The highest BCUT2D eigenvalue weighted by Crippen LogP contribution is 2.38. The zero-order chi connectivity index (χ0) is 20.1. The van der Waals surface area contributed by atoms with Crippen LogP contribution in [-0.2, 0) is 0 Å². The third kappa shape index (κ3) is 4.44. The summed E-state index contributed by atoms with van der Waals surface area (Å²) in [6.07, 6.45) is 3.45. The van der Waals surface area contributed by atoms with Crippen LogP contribution in [0.5, 0.6) is 11.5 Å². The summed E-state index contributed by atoms with van der Waals surface area (Å²) >= 11 is 0. The minimum absolute atomic E-state index is 0.137. The molecule has 1 saturated heterocycles. The molecule has 1 aliphatic rings. The minimum atomic E-state index is -0.436. The number of hydrogen-bond donors (Lipinski definition) is 2. The SMILES string of the molecule is CNc1nc(N)nc(C)c1-c1cc(OCCCN2CCCC2)c(OC)cc1F. The molecule has 152 valence electrons. The molecule has 0 saturated carbocycles. The molecule has 2 aromatic rings. The summed E-state index contributed by atoms with van der Waals surface area (Å²) in [5.41, 5.74) is 7.21. The van der Waals surface area contributed by atoms with E-state index in [4.69, 9.17) is 15.2 Å². The number of halogens is 1. The lowest BCUT2D eigenvalue weighted by atomic mass is 10.0. The van der Waals surface area contributed by atoms with Gasteiger partial charge in [-0.2, -0.15) is 4.98 Å². The van der Waals surface area contributed by atoms with Crippen molar-refractivity contribution >= 4 is 11.8 Å². The zero-order valence-corrected chi connectivity index (χ0v) is 16.7. The number of nitrogen functional groups attached to an aromatic ring is 1. The molecule has 1 aromatic carbocycles.